The Balaban J connectivity index is 1.89. The number of nitrogens with two attached hydrogens (primary N) is 1. The van der Waals surface area contributed by atoms with Gasteiger partial charge in [-0.3, -0.25) is 0 Å². The largest absolute Gasteiger partial charge is 0.399 e. The number of anilines is 1. The van der Waals surface area contributed by atoms with Gasteiger partial charge in [0.05, 0.1) is 0 Å². The van der Waals surface area contributed by atoms with Crippen LogP contribution in [0.25, 0.3) is 10.9 Å². The molecule has 0 atom stereocenters. The maximum atomic E-state index is 12.4. The SMILES string of the molecule is CCC1(CNS(=O)(=O)c2c[nH]c3cc(N)ccc23)CC1. The van der Waals surface area contributed by atoms with Crippen molar-refractivity contribution in [2.45, 2.75) is 31.1 Å². The Morgan fingerprint density at radius 2 is 2.15 bits per heavy atom. The van der Waals surface area contributed by atoms with Crippen LogP contribution in [0.4, 0.5) is 5.69 Å². The van der Waals surface area contributed by atoms with E-state index in [-0.39, 0.29) is 5.41 Å². The minimum Gasteiger partial charge on any atom is -0.399 e. The van der Waals surface area contributed by atoms with Crippen molar-refractivity contribution in [2.24, 2.45) is 5.41 Å². The number of sulfonamides is 1. The standard InChI is InChI=1S/C14H19N3O2S/c1-2-14(5-6-14)9-17-20(18,19)13-8-16-12-7-10(15)3-4-11(12)13/h3-4,7-8,16-17H,2,5-6,9,15H2,1H3. The van der Waals surface area contributed by atoms with Crippen molar-refractivity contribution >= 4 is 26.6 Å². The van der Waals surface area contributed by atoms with Gasteiger partial charge in [-0.15, -0.1) is 0 Å². The van der Waals surface area contributed by atoms with Gasteiger partial charge in [-0.25, -0.2) is 13.1 Å². The molecule has 1 saturated carbocycles. The third-order valence-electron chi connectivity index (χ3n) is 4.30. The van der Waals surface area contributed by atoms with Gasteiger partial charge in [0.1, 0.15) is 4.90 Å². The number of nitrogens with one attached hydrogen (secondary N) is 2. The molecular weight excluding hydrogens is 274 g/mol. The molecule has 0 bridgehead atoms. The molecule has 0 unspecified atom stereocenters. The van der Waals surface area contributed by atoms with Gasteiger partial charge in [-0.05, 0) is 42.9 Å². The molecule has 20 heavy (non-hydrogen) atoms. The van der Waals surface area contributed by atoms with Gasteiger partial charge >= 0.3 is 0 Å². The first-order valence-electron chi connectivity index (χ1n) is 6.82. The van der Waals surface area contributed by atoms with Crippen LogP contribution in [0, 0.1) is 5.41 Å². The molecule has 5 nitrogen and oxygen atoms in total. The number of benzene rings is 1. The molecule has 0 aliphatic heterocycles. The molecule has 0 saturated heterocycles. The highest BCUT2D eigenvalue weighted by Crippen LogP contribution is 2.48. The van der Waals surface area contributed by atoms with Gasteiger partial charge in [0, 0.05) is 29.3 Å². The highest BCUT2D eigenvalue weighted by Gasteiger charge is 2.41. The van der Waals surface area contributed by atoms with E-state index in [1.54, 1.807) is 18.2 Å². The van der Waals surface area contributed by atoms with Gasteiger partial charge in [0.15, 0.2) is 0 Å². The zero-order valence-electron chi connectivity index (χ0n) is 11.4. The molecule has 1 aromatic carbocycles. The lowest BCUT2D eigenvalue weighted by atomic mass is 10.1. The van der Waals surface area contributed by atoms with Crippen LogP contribution in [0.3, 0.4) is 0 Å². The van der Waals surface area contributed by atoms with E-state index in [0.717, 1.165) is 24.8 Å². The van der Waals surface area contributed by atoms with Crippen LogP contribution in [-0.2, 0) is 10.0 Å². The number of aromatic amines is 1. The molecule has 1 aliphatic rings. The van der Waals surface area contributed by atoms with Crippen LogP contribution >= 0.6 is 0 Å². The second kappa shape index (κ2) is 4.49. The molecule has 0 amide bonds. The quantitative estimate of drug-likeness (QED) is 0.739. The average molecular weight is 293 g/mol. The van der Waals surface area contributed by atoms with Crippen molar-refractivity contribution < 1.29 is 8.42 Å². The Morgan fingerprint density at radius 1 is 1.40 bits per heavy atom. The highest BCUT2D eigenvalue weighted by molar-refractivity contribution is 7.89. The van der Waals surface area contributed by atoms with Gasteiger partial charge in [-0.1, -0.05) is 6.92 Å². The minimum absolute atomic E-state index is 0.184. The van der Waals surface area contributed by atoms with Crippen molar-refractivity contribution in [3.63, 3.8) is 0 Å². The smallest absolute Gasteiger partial charge is 0.242 e. The summed E-state index contributed by atoms with van der Waals surface area (Å²) < 4.78 is 27.6. The van der Waals surface area contributed by atoms with Crippen molar-refractivity contribution in [3.05, 3.63) is 24.4 Å². The zero-order valence-corrected chi connectivity index (χ0v) is 12.3. The van der Waals surface area contributed by atoms with Crippen molar-refractivity contribution in [3.8, 4) is 0 Å². The molecule has 1 fully saturated rings. The lowest BCUT2D eigenvalue weighted by Crippen LogP contribution is -2.30. The Labute approximate surface area is 118 Å². The molecule has 1 aliphatic carbocycles. The number of rotatable bonds is 5. The molecule has 108 valence electrons. The lowest BCUT2D eigenvalue weighted by molar-refractivity contribution is 0.476. The highest BCUT2D eigenvalue weighted by atomic mass is 32.2. The molecule has 3 rings (SSSR count). The number of nitrogen functional groups attached to an aromatic ring is 1. The molecule has 0 spiro atoms. The van der Waals surface area contributed by atoms with E-state index in [9.17, 15) is 8.42 Å². The molecule has 0 radical (unpaired) electrons. The summed E-state index contributed by atoms with van der Waals surface area (Å²) in [6.07, 6.45) is 4.75. The van der Waals surface area contributed by atoms with Gasteiger partial charge < -0.3 is 10.7 Å². The molecule has 6 heteroatoms. The number of H-pyrrole nitrogens is 1. The maximum Gasteiger partial charge on any atom is 0.242 e. The van der Waals surface area contributed by atoms with E-state index >= 15 is 0 Å². The Bertz CT molecular complexity index is 745. The van der Waals surface area contributed by atoms with Gasteiger partial charge in [0.25, 0.3) is 0 Å². The van der Waals surface area contributed by atoms with Crippen molar-refractivity contribution in [1.29, 1.82) is 0 Å². The number of fused-ring (bicyclic) bond motifs is 1. The first-order valence-corrected chi connectivity index (χ1v) is 8.30. The second-order valence-electron chi connectivity index (χ2n) is 5.64. The number of aromatic nitrogens is 1. The molecule has 2 aromatic rings. The predicted octanol–water partition coefficient (Wildman–Crippen LogP) is 2.22. The fraction of sp³-hybridized carbons (Fsp3) is 0.429. The maximum absolute atomic E-state index is 12.4. The third-order valence-corrected chi connectivity index (χ3v) is 5.74. The fourth-order valence-electron chi connectivity index (χ4n) is 2.50. The summed E-state index contributed by atoms with van der Waals surface area (Å²) >= 11 is 0. The number of hydrogen-bond acceptors (Lipinski definition) is 3. The Kier molecular flexibility index (Phi) is 3.02. The summed E-state index contributed by atoms with van der Waals surface area (Å²) in [6, 6.07) is 5.19. The van der Waals surface area contributed by atoms with E-state index in [1.807, 2.05) is 0 Å². The zero-order chi connectivity index (χ0) is 14.4. The Morgan fingerprint density at radius 3 is 2.80 bits per heavy atom. The average Bonchev–Trinajstić information content (AvgIpc) is 3.08. The monoisotopic (exact) mass is 293 g/mol. The van der Waals surface area contributed by atoms with Crippen LogP contribution in [0.1, 0.15) is 26.2 Å². The lowest BCUT2D eigenvalue weighted by Gasteiger charge is -2.13. The summed E-state index contributed by atoms with van der Waals surface area (Å²) in [4.78, 5) is 3.25. The van der Waals surface area contributed by atoms with E-state index in [2.05, 4.69) is 16.6 Å². The van der Waals surface area contributed by atoms with E-state index in [1.165, 1.54) is 6.20 Å². The number of hydrogen-bond donors (Lipinski definition) is 3. The predicted molar refractivity (Wildman–Crippen MR) is 79.9 cm³/mol. The Hall–Kier alpha value is -1.53. The van der Waals surface area contributed by atoms with E-state index in [4.69, 9.17) is 5.73 Å². The molecule has 1 heterocycles. The third kappa shape index (κ3) is 2.29. The van der Waals surface area contributed by atoms with Crippen LogP contribution in [0.5, 0.6) is 0 Å². The first-order chi connectivity index (χ1) is 9.46. The van der Waals surface area contributed by atoms with E-state index in [0.29, 0.717) is 22.5 Å². The van der Waals surface area contributed by atoms with Crippen LogP contribution in [-0.4, -0.2) is 19.9 Å². The molecule has 1 aromatic heterocycles. The summed E-state index contributed by atoms with van der Waals surface area (Å²) in [5, 5.41) is 0.674. The van der Waals surface area contributed by atoms with Gasteiger partial charge in [0.2, 0.25) is 10.0 Å². The van der Waals surface area contributed by atoms with Crippen LogP contribution in [0.2, 0.25) is 0 Å². The van der Waals surface area contributed by atoms with Crippen molar-refractivity contribution in [1.82, 2.24) is 9.71 Å². The molecule has 4 N–H and O–H groups in total. The summed E-state index contributed by atoms with van der Waals surface area (Å²) in [5.74, 6) is 0. The van der Waals surface area contributed by atoms with Crippen LogP contribution in [0.15, 0.2) is 29.3 Å². The van der Waals surface area contributed by atoms with Crippen LogP contribution < -0.4 is 10.5 Å². The van der Waals surface area contributed by atoms with E-state index < -0.39 is 10.0 Å². The topological polar surface area (TPSA) is 88.0 Å². The second-order valence-corrected chi connectivity index (χ2v) is 7.37. The summed E-state index contributed by atoms with van der Waals surface area (Å²) in [5.41, 5.74) is 7.23. The summed E-state index contributed by atoms with van der Waals surface area (Å²) in [7, 11) is -3.48. The molecular formula is C14H19N3O2S. The first kappa shape index (κ1) is 13.5. The fourth-order valence-corrected chi connectivity index (χ4v) is 3.83. The normalized spacial score (nSPS) is 17.4. The van der Waals surface area contributed by atoms with Gasteiger partial charge in [-0.2, -0.15) is 0 Å². The van der Waals surface area contributed by atoms with Crippen molar-refractivity contribution in [2.75, 3.05) is 12.3 Å². The minimum atomic E-state index is -3.48. The summed E-state index contributed by atoms with van der Waals surface area (Å²) in [6.45, 7) is 2.63.